The smallest absolute Gasteiger partial charge is 0.422 e. The van der Waals surface area contributed by atoms with Crippen LogP contribution in [0.3, 0.4) is 0 Å². The van der Waals surface area contributed by atoms with E-state index in [2.05, 4.69) is 14.7 Å². The molecule has 0 aromatic carbocycles. The van der Waals surface area contributed by atoms with E-state index in [1.165, 1.54) is 12.4 Å². The number of nitrogens with zero attached hydrogens (tertiary/aromatic N) is 2. The summed E-state index contributed by atoms with van der Waals surface area (Å²) in [5.74, 6) is 0. The third-order valence-electron chi connectivity index (χ3n) is 1.54. The molecule has 0 amide bonds. The molecule has 1 atom stereocenters. The van der Waals surface area contributed by atoms with Crippen molar-refractivity contribution in [3.63, 3.8) is 0 Å². The fourth-order valence-electron chi connectivity index (χ4n) is 0.782. The third kappa shape index (κ3) is 4.11. The van der Waals surface area contributed by atoms with Crippen molar-refractivity contribution in [2.24, 2.45) is 5.73 Å². The molecule has 84 valence electrons. The van der Waals surface area contributed by atoms with E-state index in [4.69, 9.17) is 5.73 Å². The first-order valence-corrected chi connectivity index (χ1v) is 4.15. The van der Waals surface area contributed by atoms with E-state index in [9.17, 15) is 13.2 Å². The molecule has 0 fully saturated rings. The van der Waals surface area contributed by atoms with Gasteiger partial charge in [0.05, 0.1) is 0 Å². The van der Waals surface area contributed by atoms with Crippen LogP contribution >= 0.6 is 0 Å². The van der Waals surface area contributed by atoms with Gasteiger partial charge in [-0.2, -0.15) is 13.2 Å². The number of halogens is 3. The zero-order chi connectivity index (χ0) is 11.5. The lowest BCUT2D eigenvalue weighted by Crippen LogP contribution is -2.20. The molecule has 0 radical (unpaired) electrons. The van der Waals surface area contributed by atoms with Crippen molar-refractivity contribution in [3.05, 3.63) is 18.0 Å². The summed E-state index contributed by atoms with van der Waals surface area (Å²) in [4.78, 5) is 7.18. The van der Waals surface area contributed by atoms with Crippen molar-refractivity contribution in [1.29, 1.82) is 0 Å². The average Bonchev–Trinajstić information content (AvgIpc) is 2.14. The van der Waals surface area contributed by atoms with Crippen LogP contribution in [-0.4, -0.2) is 22.8 Å². The van der Waals surface area contributed by atoms with Gasteiger partial charge in [-0.05, 0) is 6.92 Å². The van der Waals surface area contributed by atoms with Crippen molar-refractivity contribution < 1.29 is 17.9 Å². The standard InChI is InChI=1S/C8H10F3N3O/c1-5(12)6-2-13-7(14-3-6)15-4-8(9,10)11/h2-3,5H,4,12H2,1H3. The zero-order valence-electron chi connectivity index (χ0n) is 7.95. The molecule has 4 nitrogen and oxygen atoms in total. The molecule has 1 aromatic heterocycles. The number of nitrogens with two attached hydrogens (primary N) is 1. The van der Waals surface area contributed by atoms with Gasteiger partial charge in [0.1, 0.15) is 0 Å². The second-order valence-electron chi connectivity index (χ2n) is 2.99. The van der Waals surface area contributed by atoms with Crippen LogP contribution in [0, 0.1) is 0 Å². The van der Waals surface area contributed by atoms with E-state index in [0.717, 1.165) is 0 Å². The van der Waals surface area contributed by atoms with Crippen LogP contribution < -0.4 is 10.5 Å². The molecule has 0 aliphatic rings. The maximum Gasteiger partial charge on any atom is 0.422 e. The summed E-state index contributed by atoms with van der Waals surface area (Å²) >= 11 is 0. The second-order valence-corrected chi connectivity index (χ2v) is 2.99. The summed E-state index contributed by atoms with van der Waals surface area (Å²) < 4.78 is 39.6. The molecule has 0 aliphatic carbocycles. The topological polar surface area (TPSA) is 61.0 Å². The lowest BCUT2D eigenvalue weighted by Gasteiger charge is -2.08. The van der Waals surface area contributed by atoms with Gasteiger partial charge in [-0.25, -0.2) is 9.97 Å². The van der Waals surface area contributed by atoms with E-state index in [1.807, 2.05) is 0 Å². The first-order valence-electron chi connectivity index (χ1n) is 4.15. The molecule has 0 bridgehead atoms. The Bertz CT molecular complexity index is 310. The lowest BCUT2D eigenvalue weighted by atomic mass is 10.2. The number of alkyl halides is 3. The molecule has 1 aromatic rings. The Labute approximate surface area is 84.3 Å². The predicted molar refractivity (Wildman–Crippen MR) is 46.2 cm³/mol. The van der Waals surface area contributed by atoms with Gasteiger partial charge >= 0.3 is 12.2 Å². The van der Waals surface area contributed by atoms with E-state index in [1.54, 1.807) is 6.92 Å². The minimum absolute atomic E-state index is 0.262. The largest absolute Gasteiger partial charge is 0.454 e. The molecular formula is C8H10F3N3O. The summed E-state index contributed by atoms with van der Waals surface area (Å²) in [6.07, 6.45) is -1.71. The predicted octanol–water partition coefficient (Wildman–Crippen LogP) is 1.44. The molecule has 1 heterocycles. The first kappa shape index (κ1) is 11.7. The highest BCUT2D eigenvalue weighted by Crippen LogP contribution is 2.16. The van der Waals surface area contributed by atoms with Gasteiger partial charge in [-0.3, -0.25) is 0 Å². The van der Waals surface area contributed by atoms with Crippen molar-refractivity contribution in [1.82, 2.24) is 9.97 Å². The van der Waals surface area contributed by atoms with Crippen molar-refractivity contribution in [2.75, 3.05) is 6.61 Å². The van der Waals surface area contributed by atoms with Gasteiger partial charge in [-0.15, -0.1) is 0 Å². The molecule has 0 aliphatic heterocycles. The average molecular weight is 221 g/mol. The highest BCUT2D eigenvalue weighted by atomic mass is 19.4. The Kier molecular flexibility index (Phi) is 3.46. The van der Waals surface area contributed by atoms with Gasteiger partial charge in [0, 0.05) is 24.0 Å². The van der Waals surface area contributed by atoms with Gasteiger partial charge < -0.3 is 10.5 Å². The van der Waals surface area contributed by atoms with Crippen LogP contribution in [0.4, 0.5) is 13.2 Å². The lowest BCUT2D eigenvalue weighted by molar-refractivity contribution is -0.154. The molecule has 0 saturated carbocycles. The van der Waals surface area contributed by atoms with Gasteiger partial charge in [-0.1, -0.05) is 0 Å². The minimum atomic E-state index is -4.39. The zero-order valence-corrected chi connectivity index (χ0v) is 7.95. The van der Waals surface area contributed by atoms with E-state index >= 15 is 0 Å². The fourth-order valence-corrected chi connectivity index (χ4v) is 0.782. The molecule has 1 unspecified atom stereocenters. The molecule has 2 N–H and O–H groups in total. The van der Waals surface area contributed by atoms with Gasteiger partial charge in [0.25, 0.3) is 0 Å². The quantitative estimate of drug-likeness (QED) is 0.838. The van der Waals surface area contributed by atoms with E-state index in [0.29, 0.717) is 5.56 Å². The Morgan fingerprint density at radius 2 is 1.93 bits per heavy atom. The number of aromatic nitrogens is 2. The van der Waals surface area contributed by atoms with Crippen LogP contribution in [0.2, 0.25) is 0 Å². The summed E-state index contributed by atoms with van der Waals surface area (Å²) in [5, 5.41) is 0. The van der Waals surface area contributed by atoms with Gasteiger partial charge in [0.2, 0.25) is 0 Å². The normalized spacial score (nSPS) is 13.7. The summed E-state index contributed by atoms with van der Waals surface area (Å²) in [7, 11) is 0. The van der Waals surface area contributed by atoms with Crippen molar-refractivity contribution in [2.45, 2.75) is 19.1 Å². The highest BCUT2D eigenvalue weighted by molar-refractivity contribution is 5.10. The SMILES string of the molecule is CC(N)c1cnc(OCC(F)(F)F)nc1. The molecule has 15 heavy (non-hydrogen) atoms. The summed E-state index contributed by atoms with van der Waals surface area (Å²) in [6, 6.07) is -0.571. The molecule has 0 spiro atoms. The molecule has 1 rings (SSSR count). The van der Waals surface area contributed by atoms with Gasteiger partial charge in [0.15, 0.2) is 6.61 Å². The van der Waals surface area contributed by atoms with E-state index in [-0.39, 0.29) is 12.1 Å². The number of hydrogen-bond acceptors (Lipinski definition) is 4. The second kappa shape index (κ2) is 4.43. The third-order valence-corrected chi connectivity index (χ3v) is 1.54. The molecular weight excluding hydrogens is 211 g/mol. The Balaban J connectivity index is 2.57. The van der Waals surface area contributed by atoms with Crippen molar-refractivity contribution in [3.8, 4) is 6.01 Å². The maximum absolute atomic E-state index is 11.7. The Hall–Kier alpha value is -1.37. The van der Waals surface area contributed by atoms with Crippen molar-refractivity contribution >= 4 is 0 Å². The van der Waals surface area contributed by atoms with Crippen LogP contribution in [-0.2, 0) is 0 Å². The number of hydrogen-bond donors (Lipinski definition) is 1. The van der Waals surface area contributed by atoms with Crippen LogP contribution in [0.25, 0.3) is 0 Å². The maximum atomic E-state index is 11.7. The van der Waals surface area contributed by atoms with Crippen LogP contribution in [0.5, 0.6) is 6.01 Å². The molecule has 7 heteroatoms. The highest BCUT2D eigenvalue weighted by Gasteiger charge is 2.28. The number of ether oxygens (including phenoxy) is 1. The van der Waals surface area contributed by atoms with E-state index < -0.39 is 12.8 Å². The number of rotatable bonds is 3. The van der Waals surface area contributed by atoms with Crippen LogP contribution in [0.1, 0.15) is 18.5 Å². The Morgan fingerprint density at radius 1 is 1.40 bits per heavy atom. The summed E-state index contributed by atoms with van der Waals surface area (Å²) in [6.45, 7) is 0.319. The molecule has 0 saturated heterocycles. The first-order chi connectivity index (χ1) is 6.88. The minimum Gasteiger partial charge on any atom is -0.454 e. The monoisotopic (exact) mass is 221 g/mol. The summed E-state index contributed by atoms with van der Waals surface area (Å²) in [5.41, 5.74) is 6.14. The fraction of sp³-hybridized carbons (Fsp3) is 0.500. The van der Waals surface area contributed by atoms with Crippen LogP contribution in [0.15, 0.2) is 12.4 Å². The Morgan fingerprint density at radius 3 is 2.33 bits per heavy atom.